The van der Waals surface area contributed by atoms with Crippen molar-refractivity contribution in [2.45, 2.75) is 13.3 Å². The first-order valence-electron chi connectivity index (χ1n) is 7.63. The van der Waals surface area contributed by atoms with E-state index in [1.165, 1.54) is 5.69 Å². The van der Waals surface area contributed by atoms with Crippen molar-refractivity contribution in [1.29, 1.82) is 0 Å². The summed E-state index contributed by atoms with van der Waals surface area (Å²) >= 11 is 0. The van der Waals surface area contributed by atoms with Crippen LogP contribution in [0.15, 0.2) is 29.3 Å². The minimum absolute atomic E-state index is 0.944. The third-order valence-corrected chi connectivity index (χ3v) is 3.75. The molecule has 21 heavy (non-hydrogen) atoms. The number of piperazine rings is 1. The van der Waals surface area contributed by atoms with Crippen LogP contribution in [0.25, 0.3) is 0 Å². The Morgan fingerprint density at radius 3 is 2.57 bits per heavy atom. The van der Waals surface area contributed by atoms with Crippen molar-refractivity contribution < 1.29 is 4.74 Å². The second-order valence-corrected chi connectivity index (χ2v) is 5.12. The lowest BCUT2D eigenvalue weighted by Gasteiger charge is -2.38. The van der Waals surface area contributed by atoms with Crippen LogP contribution in [0.3, 0.4) is 0 Å². The highest BCUT2D eigenvalue weighted by atomic mass is 16.5. The summed E-state index contributed by atoms with van der Waals surface area (Å²) in [5.41, 5.74) is 1.18. The molecule has 1 heterocycles. The molecule has 1 aliphatic rings. The van der Waals surface area contributed by atoms with Crippen molar-refractivity contribution >= 4 is 11.6 Å². The molecule has 0 spiro atoms. The molecule has 1 aromatic carbocycles. The van der Waals surface area contributed by atoms with Crippen LogP contribution < -0.4 is 15.0 Å². The first kappa shape index (κ1) is 15.5. The molecule has 0 saturated carbocycles. The Balaban J connectivity index is 1.96. The highest BCUT2D eigenvalue weighted by Crippen LogP contribution is 2.28. The van der Waals surface area contributed by atoms with E-state index in [0.29, 0.717) is 0 Å². The van der Waals surface area contributed by atoms with Crippen LogP contribution in [-0.2, 0) is 0 Å². The maximum Gasteiger partial charge on any atom is 0.193 e. The summed E-state index contributed by atoms with van der Waals surface area (Å²) in [6.07, 6.45) is 1.11. The fourth-order valence-electron chi connectivity index (χ4n) is 2.62. The van der Waals surface area contributed by atoms with Gasteiger partial charge < -0.3 is 19.9 Å². The molecule has 5 nitrogen and oxygen atoms in total. The predicted octanol–water partition coefficient (Wildman–Crippen LogP) is 1.80. The van der Waals surface area contributed by atoms with E-state index in [0.717, 1.165) is 50.9 Å². The molecular formula is C16H26N4O. The Bertz CT molecular complexity index is 467. The molecule has 5 heteroatoms. The largest absolute Gasteiger partial charge is 0.495 e. The third kappa shape index (κ3) is 3.80. The zero-order valence-electron chi connectivity index (χ0n) is 13.3. The number of para-hydroxylation sites is 2. The van der Waals surface area contributed by atoms with Gasteiger partial charge in [-0.3, -0.25) is 4.99 Å². The fraction of sp³-hybridized carbons (Fsp3) is 0.562. The van der Waals surface area contributed by atoms with E-state index in [-0.39, 0.29) is 0 Å². The third-order valence-electron chi connectivity index (χ3n) is 3.75. The number of anilines is 1. The van der Waals surface area contributed by atoms with E-state index in [9.17, 15) is 0 Å². The summed E-state index contributed by atoms with van der Waals surface area (Å²) in [7, 11) is 3.58. The lowest BCUT2D eigenvalue weighted by atomic mass is 10.2. The molecule has 1 N–H and O–H groups in total. The average molecular weight is 290 g/mol. The van der Waals surface area contributed by atoms with Gasteiger partial charge in [-0.15, -0.1) is 0 Å². The molecule has 0 bridgehead atoms. The van der Waals surface area contributed by atoms with Gasteiger partial charge in [0.05, 0.1) is 12.8 Å². The summed E-state index contributed by atoms with van der Waals surface area (Å²) < 4.78 is 5.46. The van der Waals surface area contributed by atoms with Crippen LogP contribution in [0.1, 0.15) is 13.3 Å². The molecule has 0 unspecified atom stereocenters. The number of hydrogen-bond acceptors (Lipinski definition) is 3. The molecule has 1 aromatic rings. The molecule has 0 amide bonds. The SMILES string of the molecule is CCCNC(=NC)N1CCN(c2ccccc2OC)CC1. The second kappa shape index (κ2) is 7.76. The zero-order chi connectivity index (χ0) is 15.1. The Labute approximate surface area is 127 Å². The smallest absolute Gasteiger partial charge is 0.193 e. The summed E-state index contributed by atoms with van der Waals surface area (Å²) in [5.74, 6) is 1.95. The standard InChI is InChI=1S/C16H26N4O/c1-4-9-18-16(17-2)20-12-10-19(11-13-20)14-7-5-6-8-15(14)21-3/h5-8H,4,9-13H2,1-3H3,(H,17,18). The van der Waals surface area contributed by atoms with Gasteiger partial charge in [0, 0.05) is 39.8 Å². The summed E-state index contributed by atoms with van der Waals surface area (Å²) in [6, 6.07) is 8.21. The summed E-state index contributed by atoms with van der Waals surface area (Å²) in [5, 5.41) is 3.40. The molecule has 1 fully saturated rings. The number of guanidine groups is 1. The molecule has 1 saturated heterocycles. The first-order valence-corrected chi connectivity index (χ1v) is 7.63. The number of aliphatic imine (C=N–C) groups is 1. The topological polar surface area (TPSA) is 40.1 Å². The number of benzene rings is 1. The predicted molar refractivity (Wildman–Crippen MR) is 88.4 cm³/mol. The average Bonchev–Trinajstić information content (AvgIpc) is 2.56. The van der Waals surface area contributed by atoms with Crippen LogP contribution in [0.2, 0.25) is 0 Å². The molecule has 1 aliphatic heterocycles. The van der Waals surface area contributed by atoms with Crippen molar-refractivity contribution in [3.63, 3.8) is 0 Å². The maximum absolute atomic E-state index is 5.46. The van der Waals surface area contributed by atoms with Crippen LogP contribution in [-0.4, -0.2) is 57.7 Å². The van der Waals surface area contributed by atoms with E-state index >= 15 is 0 Å². The Morgan fingerprint density at radius 1 is 1.24 bits per heavy atom. The maximum atomic E-state index is 5.46. The quantitative estimate of drug-likeness (QED) is 0.678. The van der Waals surface area contributed by atoms with Crippen LogP contribution >= 0.6 is 0 Å². The van der Waals surface area contributed by atoms with Gasteiger partial charge in [0.15, 0.2) is 5.96 Å². The molecule has 0 aromatic heterocycles. The van der Waals surface area contributed by atoms with Crippen LogP contribution in [0.4, 0.5) is 5.69 Å². The Hall–Kier alpha value is -1.91. The van der Waals surface area contributed by atoms with Crippen LogP contribution in [0.5, 0.6) is 5.75 Å². The van der Waals surface area contributed by atoms with Gasteiger partial charge in [-0.1, -0.05) is 19.1 Å². The minimum atomic E-state index is 0.944. The molecule has 116 valence electrons. The van der Waals surface area contributed by atoms with Crippen molar-refractivity contribution in [2.24, 2.45) is 4.99 Å². The Morgan fingerprint density at radius 2 is 1.95 bits per heavy atom. The molecule has 0 aliphatic carbocycles. The van der Waals surface area contributed by atoms with Crippen LogP contribution in [0, 0.1) is 0 Å². The molecule has 0 atom stereocenters. The number of rotatable bonds is 4. The summed E-state index contributed by atoms with van der Waals surface area (Å²) in [4.78, 5) is 9.07. The van der Waals surface area contributed by atoms with E-state index < -0.39 is 0 Å². The highest BCUT2D eigenvalue weighted by molar-refractivity contribution is 5.80. The molecule has 2 rings (SSSR count). The van der Waals surface area contributed by atoms with Gasteiger partial charge in [-0.05, 0) is 18.6 Å². The number of hydrogen-bond donors (Lipinski definition) is 1. The van der Waals surface area contributed by atoms with Gasteiger partial charge in [-0.2, -0.15) is 0 Å². The van der Waals surface area contributed by atoms with E-state index in [4.69, 9.17) is 4.74 Å². The van der Waals surface area contributed by atoms with Gasteiger partial charge in [0.25, 0.3) is 0 Å². The number of ether oxygens (including phenoxy) is 1. The second-order valence-electron chi connectivity index (χ2n) is 5.12. The molecular weight excluding hydrogens is 264 g/mol. The van der Waals surface area contributed by atoms with Gasteiger partial charge in [0.2, 0.25) is 0 Å². The van der Waals surface area contributed by atoms with Gasteiger partial charge in [0.1, 0.15) is 5.75 Å². The van der Waals surface area contributed by atoms with Crippen molar-refractivity contribution in [2.75, 3.05) is 51.8 Å². The zero-order valence-corrected chi connectivity index (χ0v) is 13.3. The van der Waals surface area contributed by atoms with Gasteiger partial charge in [-0.25, -0.2) is 0 Å². The van der Waals surface area contributed by atoms with Gasteiger partial charge >= 0.3 is 0 Å². The lowest BCUT2D eigenvalue weighted by molar-refractivity contribution is 0.367. The Kier molecular flexibility index (Phi) is 5.72. The first-order chi connectivity index (χ1) is 10.3. The van der Waals surface area contributed by atoms with Crippen molar-refractivity contribution in [3.05, 3.63) is 24.3 Å². The number of nitrogens with one attached hydrogen (secondary N) is 1. The normalized spacial score (nSPS) is 16.0. The fourth-order valence-corrected chi connectivity index (χ4v) is 2.62. The van der Waals surface area contributed by atoms with E-state index in [1.807, 2.05) is 19.2 Å². The summed E-state index contributed by atoms with van der Waals surface area (Å²) in [6.45, 7) is 7.04. The monoisotopic (exact) mass is 290 g/mol. The minimum Gasteiger partial charge on any atom is -0.495 e. The molecule has 0 radical (unpaired) electrons. The van der Waals surface area contributed by atoms with E-state index in [1.54, 1.807) is 7.11 Å². The van der Waals surface area contributed by atoms with Crippen molar-refractivity contribution in [3.8, 4) is 5.75 Å². The highest BCUT2D eigenvalue weighted by Gasteiger charge is 2.21. The number of methoxy groups -OCH3 is 1. The number of nitrogens with zero attached hydrogens (tertiary/aromatic N) is 3. The van der Waals surface area contributed by atoms with Crippen molar-refractivity contribution in [1.82, 2.24) is 10.2 Å². The van der Waals surface area contributed by atoms with E-state index in [2.05, 4.69) is 39.2 Å². The lowest BCUT2D eigenvalue weighted by Crippen LogP contribution is -2.52.